The first-order valence-electron chi connectivity index (χ1n) is 12.7. The van der Waals surface area contributed by atoms with E-state index in [-0.39, 0.29) is 0 Å². The first-order valence-corrected chi connectivity index (χ1v) is 13.7. The van der Waals surface area contributed by atoms with Crippen LogP contribution in [-0.2, 0) is 11.3 Å². The molecule has 28 heavy (non-hydrogen) atoms. The van der Waals surface area contributed by atoms with Crippen molar-refractivity contribution >= 4 is 11.3 Å². The topological polar surface area (TPSA) is 40.1 Å². The Morgan fingerprint density at radius 2 is 1.07 bits per heavy atom. The van der Waals surface area contributed by atoms with Gasteiger partial charge in [0, 0.05) is 25.7 Å². The standard InChI is InChI=1S/C24H47NO2S/c1-2-3-4-5-6-7-8-9-10-17-22-25(28(26)27,23-18-13-11-14-19-23)24-20-15-12-16-21-24/h23-24H,2-22H2,1H3. The van der Waals surface area contributed by atoms with E-state index in [2.05, 4.69) is 6.92 Å². The maximum atomic E-state index is 12.7. The van der Waals surface area contributed by atoms with Crippen molar-refractivity contribution in [2.75, 3.05) is 6.54 Å². The second-order valence-electron chi connectivity index (χ2n) is 9.56. The van der Waals surface area contributed by atoms with Gasteiger partial charge in [0.05, 0.1) is 6.54 Å². The highest BCUT2D eigenvalue weighted by Crippen LogP contribution is 2.38. The molecule has 1 atom stereocenters. The summed E-state index contributed by atoms with van der Waals surface area (Å²) in [4.78, 5) is 0. The van der Waals surface area contributed by atoms with E-state index in [0.717, 1.165) is 38.6 Å². The zero-order valence-corrected chi connectivity index (χ0v) is 19.5. The summed E-state index contributed by atoms with van der Waals surface area (Å²) >= 11 is -1.98. The van der Waals surface area contributed by atoms with Gasteiger partial charge < -0.3 is 4.55 Å². The highest BCUT2D eigenvalue weighted by Gasteiger charge is 2.45. The van der Waals surface area contributed by atoms with Crippen LogP contribution in [0.2, 0.25) is 0 Å². The lowest BCUT2D eigenvalue weighted by molar-refractivity contribution is -0.862. The number of nitrogens with zero attached hydrogens (tertiary/aromatic N) is 1. The molecule has 3 nitrogen and oxygen atoms in total. The Kier molecular flexibility index (Phi) is 12.3. The lowest BCUT2D eigenvalue weighted by atomic mass is 9.88. The van der Waals surface area contributed by atoms with Gasteiger partial charge in [-0.15, -0.1) is 0 Å². The van der Waals surface area contributed by atoms with E-state index in [1.54, 1.807) is 0 Å². The van der Waals surface area contributed by atoms with E-state index < -0.39 is 11.3 Å². The van der Waals surface area contributed by atoms with Crippen molar-refractivity contribution < 1.29 is 12.6 Å². The molecule has 0 spiro atoms. The molecule has 166 valence electrons. The molecule has 2 rings (SSSR count). The van der Waals surface area contributed by atoms with Gasteiger partial charge in [-0.1, -0.05) is 71.1 Å². The molecule has 0 aromatic heterocycles. The average Bonchev–Trinajstić information content (AvgIpc) is 2.73. The van der Waals surface area contributed by atoms with Crippen LogP contribution >= 0.6 is 0 Å². The van der Waals surface area contributed by atoms with Gasteiger partial charge in [0.2, 0.25) is 0 Å². The third-order valence-corrected chi connectivity index (χ3v) is 8.86. The molecule has 0 radical (unpaired) electrons. The van der Waals surface area contributed by atoms with Crippen molar-refractivity contribution in [3.63, 3.8) is 0 Å². The lowest BCUT2D eigenvalue weighted by Gasteiger charge is -2.52. The van der Waals surface area contributed by atoms with Gasteiger partial charge in [-0.05, 0) is 38.5 Å². The fraction of sp³-hybridized carbons (Fsp3) is 1.00. The van der Waals surface area contributed by atoms with Crippen LogP contribution in [0.1, 0.15) is 135 Å². The fourth-order valence-electron chi connectivity index (χ4n) is 5.86. The van der Waals surface area contributed by atoms with Crippen LogP contribution in [0.3, 0.4) is 0 Å². The minimum atomic E-state index is -1.98. The van der Waals surface area contributed by atoms with Gasteiger partial charge in [0.25, 0.3) is 0 Å². The Labute approximate surface area is 178 Å². The van der Waals surface area contributed by atoms with Crippen molar-refractivity contribution in [2.45, 2.75) is 147 Å². The van der Waals surface area contributed by atoms with E-state index in [9.17, 15) is 8.76 Å². The monoisotopic (exact) mass is 413 g/mol. The highest BCUT2D eigenvalue weighted by atomic mass is 32.2. The molecule has 0 heterocycles. The van der Waals surface area contributed by atoms with Crippen molar-refractivity contribution in [3.8, 4) is 0 Å². The molecule has 0 saturated heterocycles. The van der Waals surface area contributed by atoms with Crippen LogP contribution in [0.15, 0.2) is 0 Å². The van der Waals surface area contributed by atoms with Crippen molar-refractivity contribution in [3.05, 3.63) is 0 Å². The van der Waals surface area contributed by atoms with Gasteiger partial charge in [0.15, 0.2) is 0 Å². The second-order valence-corrected chi connectivity index (χ2v) is 10.7. The average molecular weight is 414 g/mol. The zero-order valence-electron chi connectivity index (χ0n) is 18.7. The van der Waals surface area contributed by atoms with E-state index in [1.807, 2.05) is 0 Å². The summed E-state index contributed by atoms with van der Waals surface area (Å²) in [5.74, 6) is 0. The van der Waals surface area contributed by atoms with Crippen molar-refractivity contribution in [1.82, 2.24) is 0 Å². The second kappa shape index (κ2) is 14.1. The Balaban J connectivity index is 1.81. The summed E-state index contributed by atoms with van der Waals surface area (Å²) in [5, 5.41) is 0. The summed E-state index contributed by atoms with van der Waals surface area (Å²) in [5.41, 5.74) is 0. The van der Waals surface area contributed by atoms with Gasteiger partial charge in [-0.25, -0.2) is 8.10 Å². The molecule has 2 aliphatic rings. The summed E-state index contributed by atoms with van der Waals surface area (Å²) < 4.78 is 25.8. The van der Waals surface area contributed by atoms with Crippen LogP contribution in [0.5, 0.6) is 0 Å². The van der Waals surface area contributed by atoms with Gasteiger partial charge in [-0.3, -0.25) is 0 Å². The van der Waals surface area contributed by atoms with Crippen molar-refractivity contribution in [1.29, 1.82) is 0 Å². The Morgan fingerprint density at radius 3 is 1.46 bits per heavy atom. The minimum absolute atomic E-state index is 0.369. The Morgan fingerprint density at radius 1 is 0.679 bits per heavy atom. The van der Waals surface area contributed by atoms with Crippen LogP contribution in [0.25, 0.3) is 0 Å². The van der Waals surface area contributed by atoms with Crippen LogP contribution in [-0.4, -0.2) is 31.3 Å². The molecule has 0 N–H and O–H groups in total. The van der Waals surface area contributed by atoms with Crippen LogP contribution in [0.4, 0.5) is 0 Å². The van der Waals surface area contributed by atoms with Gasteiger partial charge in [0.1, 0.15) is 23.4 Å². The van der Waals surface area contributed by atoms with Gasteiger partial charge >= 0.3 is 0 Å². The maximum absolute atomic E-state index is 12.7. The molecule has 0 aromatic carbocycles. The summed E-state index contributed by atoms with van der Waals surface area (Å²) in [6.07, 6.45) is 25.2. The molecule has 0 bridgehead atoms. The molecule has 1 unspecified atom stereocenters. The van der Waals surface area contributed by atoms with E-state index in [0.29, 0.717) is 16.0 Å². The molecular formula is C24H47NO2S. The molecule has 4 heteroatoms. The summed E-state index contributed by atoms with van der Waals surface area (Å²) in [6, 6.07) is 0.738. The molecule has 0 amide bonds. The number of hydrogen-bond donors (Lipinski definition) is 0. The van der Waals surface area contributed by atoms with E-state index in [1.165, 1.54) is 96.3 Å². The SMILES string of the molecule is CCCCCCCCCCCC[N+](C1CCCCC1)(C1CCCCC1)S(=O)[O-]. The van der Waals surface area contributed by atoms with Gasteiger partial charge in [-0.2, -0.15) is 0 Å². The normalized spacial score (nSPS) is 21.1. The molecule has 2 saturated carbocycles. The molecule has 0 aliphatic heterocycles. The summed E-state index contributed by atoms with van der Waals surface area (Å²) in [7, 11) is 0. The predicted octanol–water partition coefficient (Wildman–Crippen LogP) is 7.18. The molecule has 2 aliphatic carbocycles. The number of quaternary nitrogens is 1. The van der Waals surface area contributed by atoms with Crippen LogP contribution in [0, 0.1) is 0 Å². The predicted molar refractivity (Wildman–Crippen MR) is 120 cm³/mol. The minimum Gasteiger partial charge on any atom is -0.724 e. The van der Waals surface area contributed by atoms with E-state index >= 15 is 0 Å². The maximum Gasteiger partial charge on any atom is 0.148 e. The van der Waals surface area contributed by atoms with E-state index in [4.69, 9.17) is 0 Å². The molecular weight excluding hydrogens is 366 g/mol. The Hall–Kier alpha value is 0.0700. The molecule has 0 aromatic rings. The quantitative estimate of drug-likeness (QED) is 0.172. The fourth-order valence-corrected chi connectivity index (χ4v) is 7.05. The third-order valence-electron chi connectivity index (χ3n) is 7.52. The number of hydrogen-bond acceptors (Lipinski definition) is 2. The number of rotatable bonds is 14. The first-order chi connectivity index (χ1) is 13.7. The zero-order chi connectivity index (χ0) is 20.1. The molecule has 2 fully saturated rings. The first kappa shape index (κ1) is 24.3. The summed E-state index contributed by atoms with van der Waals surface area (Å²) in [6.45, 7) is 3.15. The van der Waals surface area contributed by atoms with Crippen molar-refractivity contribution in [2.24, 2.45) is 0 Å². The smallest absolute Gasteiger partial charge is 0.148 e. The lowest BCUT2D eigenvalue weighted by Crippen LogP contribution is -2.63. The Bertz CT molecular complexity index is 399. The third kappa shape index (κ3) is 7.40. The number of unbranched alkanes of at least 4 members (excludes halogenated alkanes) is 9. The largest absolute Gasteiger partial charge is 0.724 e. The van der Waals surface area contributed by atoms with Crippen LogP contribution < -0.4 is 0 Å². The highest BCUT2D eigenvalue weighted by molar-refractivity contribution is 7.73.